The summed E-state index contributed by atoms with van der Waals surface area (Å²) < 4.78 is 54.4. The number of alkyl carbamates (subject to hydrolysis) is 1. The van der Waals surface area contributed by atoms with Gasteiger partial charge in [-0.15, -0.1) is 0 Å². The van der Waals surface area contributed by atoms with E-state index >= 15 is 0 Å². The van der Waals surface area contributed by atoms with Gasteiger partial charge in [-0.2, -0.15) is 0 Å². The first-order chi connectivity index (χ1) is 26.0. The van der Waals surface area contributed by atoms with E-state index in [2.05, 4.69) is 15.4 Å². The van der Waals surface area contributed by atoms with Gasteiger partial charge in [-0.1, -0.05) is 60.9 Å². The molecule has 296 valence electrons. The molecular formula is C38H45ClFN5O9S. The lowest BCUT2D eigenvalue weighted by Gasteiger charge is -2.30. The Hall–Kier alpha value is -4.70. The fourth-order valence-electron chi connectivity index (χ4n) is 7.27. The Balaban J connectivity index is 1.27. The Morgan fingerprint density at radius 3 is 2.53 bits per heavy atom. The van der Waals surface area contributed by atoms with Gasteiger partial charge in [0.05, 0.1) is 18.1 Å². The molecule has 2 fully saturated rings. The van der Waals surface area contributed by atoms with E-state index in [1.54, 1.807) is 45.0 Å². The maximum absolute atomic E-state index is 14.5. The summed E-state index contributed by atoms with van der Waals surface area (Å²) in [6.45, 7) is 4.91. The number of benzene rings is 2. The van der Waals surface area contributed by atoms with E-state index in [0.717, 1.165) is 6.42 Å². The molecule has 3 aliphatic heterocycles. The van der Waals surface area contributed by atoms with Crippen LogP contribution in [0.2, 0.25) is 5.02 Å². The quantitative estimate of drug-likeness (QED) is 0.362. The van der Waals surface area contributed by atoms with E-state index < -0.39 is 81.0 Å². The summed E-state index contributed by atoms with van der Waals surface area (Å²) in [4.78, 5) is 71.1. The summed E-state index contributed by atoms with van der Waals surface area (Å²) in [6, 6.07) is 7.79. The minimum absolute atomic E-state index is 0.0222. The fourth-order valence-corrected chi connectivity index (χ4v) is 8.83. The molecule has 14 nitrogen and oxygen atoms in total. The molecule has 1 aliphatic carbocycles. The van der Waals surface area contributed by atoms with Gasteiger partial charge in [-0.25, -0.2) is 27.1 Å². The van der Waals surface area contributed by atoms with E-state index in [9.17, 15) is 36.8 Å². The molecule has 0 unspecified atom stereocenters. The average molecular weight is 802 g/mol. The summed E-state index contributed by atoms with van der Waals surface area (Å²) in [7, 11) is -4.45. The first-order valence-corrected chi connectivity index (χ1v) is 20.2. The molecule has 0 bridgehead atoms. The van der Waals surface area contributed by atoms with E-state index in [0.29, 0.717) is 30.4 Å². The van der Waals surface area contributed by atoms with Crippen molar-refractivity contribution in [1.29, 1.82) is 0 Å². The van der Waals surface area contributed by atoms with E-state index in [1.807, 2.05) is 6.08 Å². The zero-order chi connectivity index (χ0) is 39.7. The summed E-state index contributed by atoms with van der Waals surface area (Å²) in [5.41, 5.74) is -1.54. The molecule has 0 spiro atoms. The molecule has 1 saturated heterocycles. The minimum Gasteiger partial charge on any atom is -0.444 e. The SMILES string of the molecule is CC(C)(C)OC(=O)N[C@H]1CCCCC/C=C\[C@H]2C[C@]2(C(=O)NS(=O)(=O)c2ccccc2Cl)NC(=O)[C@@H]2C[C@@H](OC(=O)N3Cc4cccc(F)c4C3)CN2C1=O. The Labute approximate surface area is 324 Å². The second kappa shape index (κ2) is 15.8. The number of carbonyl (C=O) groups excluding carboxylic acids is 5. The summed E-state index contributed by atoms with van der Waals surface area (Å²) in [6.07, 6.45) is 3.75. The van der Waals surface area contributed by atoms with E-state index in [1.165, 1.54) is 34.1 Å². The normalized spacial score (nSPS) is 26.3. The number of amides is 5. The monoisotopic (exact) mass is 801 g/mol. The lowest BCUT2D eigenvalue weighted by Crippen LogP contribution is -2.58. The van der Waals surface area contributed by atoms with Crippen molar-refractivity contribution in [3.8, 4) is 0 Å². The van der Waals surface area contributed by atoms with Gasteiger partial charge in [0.25, 0.3) is 15.9 Å². The Morgan fingerprint density at radius 2 is 1.80 bits per heavy atom. The first kappa shape index (κ1) is 40.0. The number of carbonyl (C=O) groups is 5. The number of allylic oxidation sites excluding steroid dienone is 1. The number of nitrogens with one attached hydrogen (secondary N) is 3. The topological polar surface area (TPSA) is 181 Å². The predicted octanol–water partition coefficient (Wildman–Crippen LogP) is 4.69. The van der Waals surface area contributed by atoms with Crippen LogP contribution >= 0.6 is 11.6 Å². The molecule has 6 rings (SSSR count). The second-order valence-electron chi connectivity index (χ2n) is 15.4. The summed E-state index contributed by atoms with van der Waals surface area (Å²) in [5.74, 6) is -3.41. The molecule has 0 aromatic heterocycles. The molecule has 4 aliphatic rings. The highest BCUT2D eigenvalue weighted by Gasteiger charge is 2.62. The number of hydrogen-bond donors (Lipinski definition) is 3. The largest absolute Gasteiger partial charge is 0.444 e. The predicted molar refractivity (Wildman–Crippen MR) is 197 cm³/mol. The highest BCUT2D eigenvalue weighted by Crippen LogP contribution is 2.46. The molecule has 2 aromatic carbocycles. The van der Waals surface area contributed by atoms with Gasteiger partial charge in [0, 0.05) is 24.4 Å². The smallest absolute Gasteiger partial charge is 0.410 e. The lowest BCUT2D eigenvalue weighted by atomic mass is 10.0. The average Bonchev–Trinajstić information content (AvgIpc) is 3.40. The second-order valence-corrected chi connectivity index (χ2v) is 17.4. The van der Waals surface area contributed by atoms with Gasteiger partial charge in [-0.05, 0) is 70.2 Å². The van der Waals surface area contributed by atoms with Gasteiger partial charge < -0.3 is 25.0 Å². The van der Waals surface area contributed by atoms with Gasteiger partial charge in [0.15, 0.2) is 0 Å². The van der Waals surface area contributed by atoms with E-state index in [-0.39, 0.29) is 48.8 Å². The Bertz CT molecular complexity index is 2010. The van der Waals surface area contributed by atoms with Crippen molar-refractivity contribution < 1.29 is 46.3 Å². The standard InChI is InChI=1S/C38H45ClFN5O9S/c1-37(2,3)54-35(49)41-29-16-8-6-4-5-7-13-24-19-38(24,34(48)43-55(51,52)31-17-10-9-14-27(31)39)42-32(46)30-18-25(21-45(30)33(29)47)53-36(50)44-20-23-12-11-15-28(40)26(23)22-44/h7,9-15,17,24-25,29-30H,4-6,8,16,18-22H2,1-3H3,(H,41,49)(H,42,46)(H,43,48)/b13-7-/t24-,25+,29-,30-,38-/m0/s1. The van der Waals surface area contributed by atoms with Crippen LogP contribution in [0.1, 0.15) is 76.8 Å². The number of hydrogen-bond acceptors (Lipinski definition) is 9. The minimum atomic E-state index is -4.45. The van der Waals surface area contributed by atoms with Crippen LogP contribution in [0.25, 0.3) is 0 Å². The molecule has 0 radical (unpaired) electrons. The Morgan fingerprint density at radius 1 is 1.04 bits per heavy atom. The molecule has 17 heteroatoms. The summed E-state index contributed by atoms with van der Waals surface area (Å²) >= 11 is 6.14. The van der Waals surface area contributed by atoms with Crippen LogP contribution in [0.5, 0.6) is 0 Å². The molecule has 2 aromatic rings. The number of fused-ring (bicyclic) bond motifs is 3. The van der Waals surface area contributed by atoms with Crippen LogP contribution in [0.4, 0.5) is 14.0 Å². The first-order valence-electron chi connectivity index (χ1n) is 18.3. The van der Waals surface area contributed by atoms with Crippen molar-refractivity contribution in [3.05, 3.63) is 76.6 Å². The third-order valence-electron chi connectivity index (χ3n) is 10.1. The van der Waals surface area contributed by atoms with Crippen LogP contribution in [-0.4, -0.2) is 84.0 Å². The number of sulfonamides is 1. The van der Waals surface area contributed by atoms with Crippen molar-refractivity contribution in [3.63, 3.8) is 0 Å². The van der Waals surface area contributed by atoms with Gasteiger partial charge in [0.2, 0.25) is 11.8 Å². The highest BCUT2D eigenvalue weighted by molar-refractivity contribution is 7.90. The molecule has 5 atom stereocenters. The molecule has 1 saturated carbocycles. The zero-order valence-electron chi connectivity index (χ0n) is 30.8. The van der Waals surface area contributed by atoms with Gasteiger partial charge >= 0.3 is 12.2 Å². The summed E-state index contributed by atoms with van der Waals surface area (Å²) in [5, 5.41) is 5.31. The van der Waals surface area contributed by atoms with Crippen LogP contribution in [0, 0.1) is 11.7 Å². The fraction of sp³-hybridized carbons (Fsp3) is 0.500. The Kier molecular flexibility index (Phi) is 11.5. The van der Waals surface area contributed by atoms with Crippen molar-refractivity contribution in [2.75, 3.05) is 6.54 Å². The van der Waals surface area contributed by atoms with Crippen LogP contribution in [-0.2, 0) is 47.0 Å². The number of ether oxygens (including phenoxy) is 2. The highest BCUT2D eigenvalue weighted by atomic mass is 35.5. The van der Waals surface area contributed by atoms with Crippen LogP contribution < -0.4 is 15.4 Å². The molecule has 3 heterocycles. The maximum atomic E-state index is 14.5. The van der Waals surface area contributed by atoms with Crippen molar-refractivity contribution in [2.24, 2.45) is 5.92 Å². The molecule has 3 N–H and O–H groups in total. The van der Waals surface area contributed by atoms with Gasteiger partial charge in [0.1, 0.15) is 40.0 Å². The third-order valence-corrected chi connectivity index (χ3v) is 12.0. The zero-order valence-corrected chi connectivity index (χ0v) is 32.4. The lowest BCUT2D eigenvalue weighted by molar-refractivity contribution is -0.141. The molecule has 55 heavy (non-hydrogen) atoms. The van der Waals surface area contributed by atoms with Gasteiger partial charge in [-0.3, -0.25) is 19.3 Å². The number of rotatable bonds is 5. The van der Waals surface area contributed by atoms with Crippen LogP contribution in [0.3, 0.4) is 0 Å². The number of halogens is 2. The van der Waals surface area contributed by atoms with Crippen molar-refractivity contribution in [1.82, 2.24) is 25.2 Å². The molecular weight excluding hydrogens is 757 g/mol. The maximum Gasteiger partial charge on any atom is 0.410 e. The van der Waals surface area contributed by atoms with E-state index in [4.69, 9.17) is 21.1 Å². The third kappa shape index (κ3) is 9.07. The number of nitrogens with zero attached hydrogens (tertiary/aromatic N) is 2. The van der Waals surface area contributed by atoms with Crippen LogP contribution in [0.15, 0.2) is 59.5 Å². The van der Waals surface area contributed by atoms with Crippen molar-refractivity contribution >= 4 is 51.5 Å². The molecule has 5 amide bonds. The van der Waals surface area contributed by atoms with Crippen molar-refractivity contribution in [2.45, 2.75) is 113 Å².